The van der Waals surface area contributed by atoms with Gasteiger partial charge in [0, 0.05) is 17.2 Å². The normalized spacial score (nSPS) is 10.5. The number of hydrogen-bond donors (Lipinski definition) is 0. The molecule has 0 amide bonds. The quantitative estimate of drug-likeness (QED) is 0.329. The average Bonchev–Trinajstić information content (AvgIpc) is 2.68. The summed E-state index contributed by atoms with van der Waals surface area (Å²) in [6.45, 7) is 6.40. The molecule has 0 aliphatic heterocycles. The maximum Gasteiger partial charge on any atom is 0.344 e. The van der Waals surface area contributed by atoms with Crippen LogP contribution in [0.3, 0.4) is 0 Å². The first-order valence-corrected chi connectivity index (χ1v) is 8.11. The summed E-state index contributed by atoms with van der Waals surface area (Å²) in [5.41, 5.74) is 0.732. The van der Waals surface area contributed by atoms with Crippen molar-refractivity contribution in [2.45, 2.75) is 13.8 Å². The number of nitrogens with zero attached hydrogens (tertiary/aromatic N) is 2. The zero-order chi connectivity index (χ0) is 20.7. The van der Waals surface area contributed by atoms with Gasteiger partial charge in [0.05, 0.1) is 5.56 Å². The molecule has 1 heterocycles. The molecule has 0 aliphatic rings. The van der Waals surface area contributed by atoms with Crippen molar-refractivity contribution in [3.63, 3.8) is 0 Å². The Morgan fingerprint density at radius 3 is 2.46 bits per heavy atom. The van der Waals surface area contributed by atoms with E-state index in [1.54, 1.807) is 12.1 Å². The van der Waals surface area contributed by atoms with E-state index in [0.717, 1.165) is 0 Å². The number of benzene rings is 1. The summed E-state index contributed by atoms with van der Waals surface area (Å²) in [5.74, 6) is -2.12. The Hall–Kier alpha value is -4.05. The fraction of sp³-hybridized carbons (Fsp3) is 0.0952. The van der Waals surface area contributed by atoms with Crippen molar-refractivity contribution in [1.29, 1.82) is 5.26 Å². The van der Waals surface area contributed by atoms with Crippen molar-refractivity contribution in [3.8, 4) is 17.8 Å². The molecule has 7 heteroatoms. The van der Waals surface area contributed by atoms with Crippen molar-refractivity contribution in [3.05, 3.63) is 77.4 Å². The zero-order valence-electron chi connectivity index (χ0n) is 15.3. The lowest BCUT2D eigenvalue weighted by Gasteiger charge is -2.08. The fourth-order valence-corrected chi connectivity index (χ4v) is 2.08. The van der Waals surface area contributed by atoms with Crippen molar-refractivity contribution in [1.82, 2.24) is 4.98 Å². The number of nitriles is 1. The zero-order valence-corrected chi connectivity index (χ0v) is 15.3. The summed E-state index contributed by atoms with van der Waals surface area (Å²) in [5, 5.41) is 9.20. The SMILES string of the molecule is C=CC=C(C)C(=O)Oc1ccc(C#N)c(OC(=O)c2cccc(C(C)=O)c2)n1. The molecule has 0 N–H and O–H groups in total. The highest BCUT2D eigenvalue weighted by molar-refractivity contribution is 5.98. The van der Waals surface area contributed by atoms with E-state index in [2.05, 4.69) is 11.6 Å². The van der Waals surface area contributed by atoms with E-state index in [9.17, 15) is 19.6 Å². The van der Waals surface area contributed by atoms with Crippen LogP contribution >= 0.6 is 0 Å². The number of ketones is 1. The van der Waals surface area contributed by atoms with Crippen LogP contribution in [0.1, 0.15) is 40.1 Å². The van der Waals surface area contributed by atoms with Gasteiger partial charge < -0.3 is 9.47 Å². The first-order valence-electron chi connectivity index (χ1n) is 8.11. The Labute approximate surface area is 161 Å². The molecule has 0 saturated heterocycles. The minimum atomic E-state index is -0.807. The van der Waals surface area contributed by atoms with Gasteiger partial charge in [-0.3, -0.25) is 4.79 Å². The van der Waals surface area contributed by atoms with Gasteiger partial charge in [-0.05, 0) is 32.0 Å². The molecule has 0 fully saturated rings. The van der Waals surface area contributed by atoms with Gasteiger partial charge in [-0.25, -0.2) is 9.59 Å². The summed E-state index contributed by atoms with van der Waals surface area (Å²) < 4.78 is 10.3. The van der Waals surface area contributed by atoms with Gasteiger partial charge in [0.15, 0.2) is 5.78 Å². The van der Waals surface area contributed by atoms with Crippen LogP contribution in [-0.2, 0) is 4.79 Å². The molecule has 0 unspecified atom stereocenters. The predicted molar refractivity (Wildman–Crippen MR) is 99.9 cm³/mol. The van der Waals surface area contributed by atoms with Crippen molar-refractivity contribution >= 4 is 17.7 Å². The van der Waals surface area contributed by atoms with E-state index in [1.165, 1.54) is 50.3 Å². The number of carbonyl (C=O) groups is 3. The maximum absolute atomic E-state index is 12.4. The second kappa shape index (κ2) is 9.05. The largest absolute Gasteiger partial charge is 0.404 e. The van der Waals surface area contributed by atoms with Crippen LogP contribution in [0, 0.1) is 11.3 Å². The Kier molecular flexibility index (Phi) is 6.55. The van der Waals surface area contributed by atoms with Crippen LogP contribution in [0.4, 0.5) is 0 Å². The number of carbonyl (C=O) groups excluding carboxylic acids is 3. The third kappa shape index (κ3) is 4.99. The van der Waals surface area contributed by atoms with Gasteiger partial charge in [-0.15, -0.1) is 0 Å². The van der Waals surface area contributed by atoms with Gasteiger partial charge in [-0.2, -0.15) is 10.2 Å². The highest BCUT2D eigenvalue weighted by Gasteiger charge is 2.17. The number of hydrogen-bond acceptors (Lipinski definition) is 7. The Morgan fingerprint density at radius 1 is 1.11 bits per heavy atom. The van der Waals surface area contributed by atoms with E-state index in [1.807, 2.05) is 6.07 Å². The van der Waals surface area contributed by atoms with Crippen LogP contribution < -0.4 is 9.47 Å². The lowest BCUT2D eigenvalue weighted by Crippen LogP contribution is -2.13. The van der Waals surface area contributed by atoms with Crippen LogP contribution in [0.15, 0.2) is 60.7 Å². The van der Waals surface area contributed by atoms with E-state index in [-0.39, 0.29) is 28.7 Å². The smallest absolute Gasteiger partial charge is 0.344 e. The topological polar surface area (TPSA) is 106 Å². The van der Waals surface area contributed by atoms with E-state index < -0.39 is 11.9 Å². The Morgan fingerprint density at radius 2 is 1.82 bits per heavy atom. The molecule has 1 aromatic heterocycles. The number of esters is 2. The molecule has 0 aliphatic carbocycles. The molecule has 7 nitrogen and oxygen atoms in total. The maximum atomic E-state index is 12.4. The van der Waals surface area contributed by atoms with Crippen molar-refractivity contribution < 1.29 is 23.9 Å². The van der Waals surface area contributed by atoms with E-state index in [0.29, 0.717) is 11.1 Å². The van der Waals surface area contributed by atoms with E-state index in [4.69, 9.17) is 9.47 Å². The van der Waals surface area contributed by atoms with Crippen LogP contribution in [0.2, 0.25) is 0 Å². The van der Waals surface area contributed by atoms with Crippen LogP contribution in [0.5, 0.6) is 11.8 Å². The van der Waals surface area contributed by atoms with Crippen molar-refractivity contribution in [2.24, 2.45) is 0 Å². The van der Waals surface area contributed by atoms with Gasteiger partial charge in [0.2, 0.25) is 11.8 Å². The second-order valence-corrected chi connectivity index (χ2v) is 5.62. The van der Waals surface area contributed by atoms with Crippen molar-refractivity contribution in [2.75, 3.05) is 0 Å². The molecule has 2 rings (SSSR count). The number of allylic oxidation sites excluding steroid dienone is 2. The summed E-state index contributed by atoms with van der Waals surface area (Å²) in [6.07, 6.45) is 2.90. The molecule has 0 radical (unpaired) electrons. The Bertz CT molecular complexity index is 1030. The molecule has 0 bridgehead atoms. The van der Waals surface area contributed by atoms with Crippen LogP contribution in [0.25, 0.3) is 0 Å². The fourth-order valence-electron chi connectivity index (χ4n) is 2.08. The first-order chi connectivity index (χ1) is 13.3. The summed E-state index contributed by atoms with van der Waals surface area (Å²) >= 11 is 0. The molecule has 140 valence electrons. The molecular weight excluding hydrogens is 360 g/mol. The standard InChI is InChI=1S/C21H16N2O5/c1-4-6-13(2)20(25)27-18-10-9-17(12-22)19(23-18)28-21(26)16-8-5-7-15(11-16)14(3)24/h4-11H,1H2,2-3H3. The third-order valence-electron chi connectivity index (χ3n) is 3.54. The number of Topliss-reactive ketones (excluding diaryl/α,β-unsaturated/α-hetero) is 1. The summed E-state index contributed by atoms with van der Waals surface area (Å²) in [4.78, 5) is 39.7. The minimum absolute atomic E-state index is 0.0192. The third-order valence-corrected chi connectivity index (χ3v) is 3.54. The second-order valence-electron chi connectivity index (χ2n) is 5.62. The number of pyridine rings is 1. The van der Waals surface area contributed by atoms with Crippen LogP contribution in [-0.4, -0.2) is 22.7 Å². The first kappa shape index (κ1) is 20.3. The molecule has 1 aromatic carbocycles. The van der Waals surface area contributed by atoms with Gasteiger partial charge in [0.25, 0.3) is 0 Å². The Balaban J connectivity index is 2.28. The van der Waals surface area contributed by atoms with Gasteiger partial charge in [-0.1, -0.05) is 30.9 Å². The van der Waals surface area contributed by atoms with Gasteiger partial charge >= 0.3 is 11.9 Å². The molecule has 0 saturated carbocycles. The molecule has 0 spiro atoms. The number of aromatic nitrogens is 1. The number of rotatable bonds is 6. The molecule has 0 atom stereocenters. The lowest BCUT2D eigenvalue weighted by atomic mass is 10.1. The molecular formula is C21H16N2O5. The molecule has 2 aromatic rings. The summed E-state index contributed by atoms with van der Waals surface area (Å²) in [6, 6.07) is 10.4. The minimum Gasteiger partial charge on any atom is -0.404 e. The van der Waals surface area contributed by atoms with Gasteiger partial charge in [0.1, 0.15) is 11.6 Å². The average molecular weight is 376 g/mol. The molecule has 28 heavy (non-hydrogen) atoms. The lowest BCUT2D eigenvalue weighted by molar-refractivity contribution is -0.130. The monoisotopic (exact) mass is 376 g/mol. The highest BCUT2D eigenvalue weighted by atomic mass is 16.6. The summed E-state index contributed by atoms with van der Waals surface area (Å²) in [7, 11) is 0. The van der Waals surface area contributed by atoms with E-state index >= 15 is 0 Å². The predicted octanol–water partition coefficient (Wildman–Crippen LogP) is 3.41. The number of ether oxygens (including phenoxy) is 2. The highest BCUT2D eigenvalue weighted by Crippen LogP contribution is 2.21.